The zero-order valence-corrected chi connectivity index (χ0v) is 13.3. The second kappa shape index (κ2) is 6.77. The molecule has 2 amide bonds. The van der Waals surface area contributed by atoms with E-state index in [1.54, 1.807) is 12.4 Å². The Hall–Kier alpha value is -2.11. The van der Waals surface area contributed by atoms with Gasteiger partial charge in [0.05, 0.1) is 0 Å². The van der Waals surface area contributed by atoms with Crippen LogP contribution in [-0.2, 0) is 16.1 Å². The highest BCUT2D eigenvalue weighted by atomic mass is 16.6. The molecule has 1 N–H and O–H groups in total. The minimum absolute atomic E-state index is 0.139. The summed E-state index contributed by atoms with van der Waals surface area (Å²) < 4.78 is 5.36. The number of nitrogens with zero attached hydrogens (tertiary/aromatic N) is 2. The summed E-state index contributed by atoms with van der Waals surface area (Å²) in [5, 5.41) is 2.87. The molecule has 22 heavy (non-hydrogen) atoms. The van der Waals surface area contributed by atoms with E-state index in [0.29, 0.717) is 19.5 Å². The highest BCUT2D eigenvalue weighted by Crippen LogP contribution is 2.21. The van der Waals surface area contributed by atoms with Gasteiger partial charge >= 0.3 is 6.09 Å². The van der Waals surface area contributed by atoms with E-state index in [-0.39, 0.29) is 5.91 Å². The summed E-state index contributed by atoms with van der Waals surface area (Å²) in [7, 11) is 0. The SMILES string of the molecule is CC(C)(C)OC(=O)N1CCC[C@H]1C(=O)NCc1ccncc1. The van der Waals surface area contributed by atoms with Crippen LogP contribution in [0.25, 0.3) is 0 Å². The van der Waals surface area contributed by atoms with Gasteiger partial charge in [0.15, 0.2) is 0 Å². The highest BCUT2D eigenvalue weighted by Gasteiger charge is 2.36. The Labute approximate surface area is 130 Å². The van der Waals surface area contributed by atoms with Crippen molar-refractivity contribution in [3.8, 4) is 0 Å². The van der Waals surface area contributed by atoms with Crippen LogP contribution >= 0.6 is 0 Å². The molecule has 1 aromatic rings. The van der Waals surface area contributed by atoms with Gasteiger partial charge in [0.1, 0.15) is 11.6 Å². The van der Waals surface area contributed by atoms with Crippen molar-refractivity contribution in [2.45, 2.75) is 51.8 Å². The van der Waals surface area contributed by atoms with Gasteiger partial charge in [0.2, 0.25) is 5.91 Å². The van der Waals surface area contributed by atoms with Crippen molar-refractivity contribution in [3.63, 3.8) is 0 Å². The number of carbonyl (C=O) groups excluding carboxylic acids is 2. The minimum Gasteiger partial charge on any atom is -0.444 e. The van der Waals surface area contributed by atoms with Crippen LogP contribution in [0.4, 0.5) is 4.79 Å². The molecule has 0 unspecified atom stereocenters. The highest BCUT2D eigenvalue weighted by molar-refractivity contribution is 5.86. The monoisotopic (exact) mass is 305 g/mol. The van der Waals surface area contributed by atoms with E-state index in [1.165, 1.54) is 4.90 Å². The molecular formula is C16H23N3O3. The zero-order valence-electron chi connectivity index (χ0n) is 13.3. The van der Waals surface area contributed by atoms with Crippen molar-refractivity contribution in [3.05, 3.63) is 30.1 Å². The molecule has 2 heterocycles. The number of carbonyl (C=O) groups is 2. The van der Waals surface area contributed by atoms with Gasteiger partial charge in [-0.3, -0.25) is 14.7 Å². The minimum atomic E-state index is -0.558. The standard InChI is InChI=1S/C16H23N3O3/c1-16(2,3)22-15(21)19-10-4-5-13(19)14(20)18-11-12-6-8-17-9-7-12/h6-9,13H,4-5,10-11H2,1-3H3,(H,18,20)/t13-/m0/s1. The molecule has 120 valence electrons. The fourth-order valence-electron chi connectivity index (χ4n) is 2.39. The van der Waals surface area contributed by atoms with Gasteiger partial charge in [-0.1, -0.05) is 0 Å². The number of ether oxygens (including phenoxy) is 1. The van der Waals surface area contributed by atoms with Crippen LogP contribution in [0.3, 0.4) is 0 Å². The quantitative estimate of drug-likeness (QED) is 0.928. The zero-order chi connectivity index (χ0) is 16.2. The molecule has 0 saturated carbocycles. The van der Waals surface area contributed by atoms with E-state index in [0.717, 1.165) is 12.0 Å². The van der Waals surface area contributed by atoms with Crippen LogP contribution in [0.15, 0.2) is 24.5 Å². The molecule has 1 aromatic heterocycles. The lowest BCUT2D eigenvalue weighted by Crippen LogP contribution is -2.47. The Morgan fingerprint density at radius 3 is 2.68 bits per heavy atom. The number of nitrogens with one attached hydrogen (secondary N) is 1. The van der Waals surface area contributed by atoms with E-state index >= 15 is 0 Å². The third kappa shape index (κ3) is 4.44. The van der Waals surface area contributed by atoms with Gasteiger partial charge in [-0.05, 0) is 51.3 Å². The van der Waals surface area contributed by atoms with Gasteiger partial charge in [0.25, 0.3) is 0 Å². The van der Waals surface area contributed by atoms with Crippen molar-refractivity contribution >= 4 is 12.0 Å². The normalized spacial score (nSPS) is 18.1. The summed E-state index contributed by atoms with van der Waals surface area (Å²) in [6.07, 6.45) is 4.43. The van der Waals surface area contributed by atoms with Crippen molar-refractivity contribution in [1.29, 1.82) is 0 Å². The average Bonchev–Trinajstić information content (AvgIpc) is 2.93. The summed E-state index contributed by atoms with van der Waals surface area (Å²) in [5.74, 6) is -0.139. The molecule has 1 saturated heterocycles. The van der Waals surface area contributed by atoms with Gasteiger partial charge in [0, 0.05) is 25.5 Å². The predicted octanol–water partition coefficient (Wildman–Crippen LogP) is 2.10. The maximum Gasteiger partial charge on any atom is 0.410 e. The molecule has 1 aliphatic rings. The summed E-state index contributed by atoms with van der Waals surface area (Å²) in [4.78, 5) is 29.9. The number of pyridine rings is 1. The molecule has 0 spiro atoms. The Bertz CT molecular complexity index is 525. The maximum atomic E-state index is 12.3. The molecule has 1 aliphatic heterocycles. The number of rotatable bonds is 3. The molecule has 6 nitrogen and oxygen atoms in total. The van der Waals surface area contributed by atoms with Crippen LogP contribution in [0.2, 0.25) is 0 Å². The third-order valence-corrected chi connectivity index (χ3v) is 3.40. The van der Waals surface area contributed by atoms with E-state index in [9.17, 15) is 9.59 Å². The van der Waals surface area contributed by atoms with E-state index < -0.39 is 17.7 Å². The first-order valence-corrected chi connectivity index (χ1v) is 7.53. The lowest BCUT2D eigenvalue weighted by atomic mass is 10.2. The Balaban J connectivity index is 1.92. The van der Waals surface area contributed by atoms with Crippen molar-refractivity contribution in [2.24, 2.45) is 0 Å². The fourth-order valence-corrected chi connectivity index (χ4v) is 2.39. The number of amides is 2. The van der Waals surface area contributed by atoms with Crippen LogP contribution in [0, 0.1) is 0 Å². The molecule has 2 rings (SSSR count). The smallest absolute Gasteiger partial charge is 0.410 e. The topological polar surface area (TPSA) is 71.5 Å². The summed E-state index contributed by atoms with van der Waals surface area (Å²) in [5.41, 5.74) is 0.419. The maximum absolute atomic E-state index is 12.3. The Morgan fingerprint density at radius 1 is 1.36 bits per heavy atom. The average molecular weight is 305 g/mol. The summed E-state index contributed by atoms with van der Waals surface area (Å²) in [6.45, 7) is 6.45. The van der Waals surface area contributed by atoms with Crippen molar-refractivity contribution in [2.75, 3.05) is 6.54 Å². The Morgan fingerprint density at radius 2 is 2.05 bits per heavy atom. The van der Waals surface area contributed by atoms with E-state index in [4.69, 9.17) is 4.74 Å². The van der Waals surface area contributed by atoms with Crippen molar-refractivity contribution in [1.82, 2.24) is 15.2 Å². The molecule has 0 bridgehead atoms. The molecule has 1 atom stereocenters. The first kappa shape index (κ1) is 16.3. The first-order valence-electron chi connectivity index (χ1n) is 7.53. The lowest BCUT2D eigenvalue weighted by molar-refractivity contribution is -0.125. The summed E-state index contributed by atoms with van der Waals surface area (Å²) >= 11 is 0. The van der Waals surface area contributed by atoms with Gasteiger partial charge in [-0.25, -0.2) is 4.79 Å². The lowest BCUT2D eigenvalue weighted by Gasteiger charge is -2.28. The van der Waals surface area contributed by atoms with Crippen molar-refractivity contribution < 1.29 is 14.3 Å². The number of hydrogen-bond acceptors (Lipinski definition) is 4. The summed E-state index contributed by atoms with van der Waals surface area (Å²) in [6, 6.07) is 3.25. The van der Waals surface area contributed by atoms with Crippen LogP contribution in [0.1, 0.15) is 39.2 Å². The van der Waals surface area contributed by atoms with E-state index in [2.05, 4.69) is 10.3 Å². The molecular weight excluding hydrogens is 282 g/mol. The van der Waals surface area contributed by atoms with Gasteiger partial charge < -0.3 is 10.1 Å². The molecule has 0 aliphatic carbocycles. The largest absolute Gasteiger partial charge is 0.444 e. The number of aromatic nitrogens is 1. The van der Waals surface area contributed by atoms with Crippen LogP contribution in [0.5, 0.6) is 0 Å². The second-order valence-corrected chi connectivity index (χ2v) is 6.41. The molecule has 6 heteroatoms. The van der Waals surface area contributed by atoms with Crippen LogP contribution < -0.4 is 5.32 Å². The predicted molar refractivity (Wildman–Crippen MR) is 82.0 cm³/mol. The molecule has 0 radical (unpaired) electrons. The Kier molecular flexibility index (Phi) is 5.00. The number of hydrogen-bond donors (Lipinski definition) is 1. The second-order valence-electron chi connectivity index (χ2n) is 6.41. The molecule has 1 fully saturated rings. The first-order chi connectivity index (χ1) is 10.4. The number of likely N-dealkylation sites (tertiary alicyclic amines) is 1. The molecule has 0 aromatic carbocycles. The fraction of sp³-hybridized carbons (Fsp3) is 0.562. The van der Waals surface area contributed by atoms with Crippen LogP contribution in [-0.4, -0.2) is 40.1 Å². The van der Waals surface area contributed by atoms with Gasteiger partial charge in [-0.15, -0.1) is 0 Å². The third-order valence-electron chi connectivity index (χ3n) is 3.40. The van der Waals surface area contributed by atoms with Gasteiger partial charge in [-0.2, -0.15) is 0 Å². The van der Waals surface area contributed by atoms with E-state index in [1.807, 2.05) is 32.9 Å².